The fourth-order valence-electron chi connectivity index (χ4n) is 3.31. The number of anilines is 1. The molecule has 0 unspecified atom stereocenters. The molecule has 3 heterocycles. The molecular weight excluding hydrogens is 287 g/mol. The van der Waals surface area contributed by atoms with E-state index in [1.807, 2.05) is 18.7 Å². The number of ether oxygens (including phenoxy) is 1. The zero-order chi connectivity index (χ0) is 15.7. The third-order valence-corrected chi connectivity index (χ3v) is 4.38. The minimum atomic E-state index is -0.569. The number of amides is 1. The number of halogens is 1. The second kappa shape index (κ2) is 5.79. The summed E-state index contributed by atoms with van der Waals surface area (Å²) in [5.74, 6) is 0.0235. The Morgan fingerprint density at radius 2 is 2.23 bits per heavy atom. The number of rotatable bonds is 3. The quantitative estimate of drug-likeness (QED) is 0.906. The zero-order valence-corrected chi connectivity index (χ0v) is 12.9. The van der Waals surface area contributed by atoms with E-state index in [4.69, 9.17) is 4.74 Å². The molecule has 1 amide bonds. The largest absolute Gasteiger partial charge is 0.377 e. The lowest BCUT2D eigenvalue weighted by atomic mass is 9.75. The van der Waals surface area contributed by atoms with Gasteiger partial charge in [0.25, 0.3) is 0 Å². The summed E-state index contributed by atoms with van der Waals surface area (Å²) in [6, 6.07) is 0.0839. The Hall–Kier alpha value is -1.76. The normalized spacial score (nSPS) is 27.8. The SMILES string of the molecule is CC(C)NC(=O)[C@]12CCO[C@H]1CCN(c1ncc(F)cn1)C2. The van der Waals surface area contributed by atoms with Gasteiger partial charge in [-0.1, -0.05) is 0 Å². The van der Waals surface area contributed by atoms with Gasteiger partial charge < -0.3 is 15.0 Å². The molecule has 22 heavy (non-hydrogen) atoms. The summed E-state index contributed by atoms with van der Waals surface area (Å²) in [7, 11) is 0. The monoisotopic (exact) mass is 308 g/mol. The molecule has 0 saturated carbocycles. The van der Waals surface area contributed by atoms with Crippen LogP contribution in [0.5, 0.6) is 0 Å². The van der Waals surface area contributed by atoms with Gasteiger partial charge in [0, 0.05) is 25.7 Å². The first kappa shape index (κ1) is 15.1. The van der Waals surface area contributed by atoms with Crippen LogP contribution in [0.15, 0.2) is 12.4 Å². The molecule has 1 N–H and O–H groups in total. The van der Waals surface area contributed by atoms with Crippen molar-refractivity contribution in [2.45, 2.75) is 38.8 Å². The molecule has 2 fully saturated rings. The van der Waals surface area contributed by atoms with E-state index in [1.165, 1.54) is 0 Å². The standard InChI is InChI=1S/C15H21FN4O2/c1-10(2)19-13(21)15-4-6-22-12(15)3-5-20(9-15)14-17-7-11(16)8-18-14/h7-8,10,12H,3-6,9H2,1-2H3,(H,19,21)/t12-,15-/m0/s1. The number of carbonyl (C=O) groups excluding carboxylic acids is 1. The van der Waals surface area contributed by atoms with Crippen LogP contribution in [0, 0.1) is 11.2 Å². The molecule has 0 aliphatic carbocycles. The van der Waals surface area contributed by atoms with Crippen molar-refractivity contribution in [1.82, 2.24) is 15.3 Å². The fraction of sp³-hybridized carbons (Fsp3) is 0.667. The Morgan fingerprint density at radius 1 is 1.50 bits per heavy atom. The minimum Gasteiger partial charge on any atom is -0.377 e. The first-order valence-corrected chi connectivity index (χ1v) is 7.66. The lowest BCUT2D eigenvalue weighted by Gasteiger charge is -2.42. The zero-order valence-electron chi connectivity index (χ0n) is 12.9. The highest BCUT2D eigenvalue weighted by atomic mass is 19.1. The number of hydrogen-bond acceptors (Lipinski definition) is 5. The number of hydrogen-bond donors (Lipinski definition) is 1. The maximum atomic E-state index is 13.0. The van der Waals surface area contributed by atoms with Gasteiger partial charge in [0.15, 0.2) is 5.82 Å². The number of fused-ring (bicyclic) bond motifs is 1. The van der Waals surface area contributed by atoms with Gasteiger partial charge in [-0.2, -0.15) is 0 Å². The molecule has 0 bridgehead atoms. The Kier molecular flexibility index (Phi) is 3.99. The topological polar surface area (TPSA) is 67.3 Å². The van der Waals surface area contributed by atoms with E-state index in [9.17, 15) is 9.18 Å². The highest BCUT2D eigenvalue weighted by Gasteiger charge is 2.53. The van der Waals surface area contributed by atoms with Gasteiger partial charge in [-0.15, -0.1) is 0 Å². The molecule has 1 aromatic rings. The lowest BCUT2D eigenvalue weighted by Crippen LogP contribution is -2.58. The number of aromatic nitrogens is 2. The first-order valence-electron chi connectivity index (χ1n) is 7.66. The van der Waals surface area contributed by atoms with Crippen LogP contribution in [-0.2, 0) is 9.53 Å². The van der Waals surface area contributed by atoms with Crippen LogP contribution >= 0.6 is 0 Å². The highest BCUT2D eigenvalue weighted by molar-refractivity contribution is 5.85. The number of nitrogens with one attached hydrogen (secondary N) is 1. The van der Waals surface area contributed by atoms with Gasteiger partial charge in [0.05, 0.1) is 23.9 Å². The molecule has 2 saturated heterocycles. The van der Waals surface area contributed by atoms with Crippen LogP contribution in [0.25, 0.3) is 0 Å². The maximum Gasteiger partial charge on any atom is 0.230 e. The van der Waals surface area contributed by atoms with Crippen molar-refractivity contribution >= 4 is 11.9 Å². The minimum absolute atomic E-state index is 0.0248. The first-order chi connectivity index (χ1) is 10.5. The predicted molar refractivity (Wildman–Crippen MR) is 78.9 cm³/mol. The molecular formula is C15H21FN4O2. The van der Waals surface area contributed by atoms with Crippen molar-refractivity contribution in [3.05, 3.63) is 18.2 Å². The lowest BCUT2D eigenvalue weighted by molar-refractivity contribution is -0.135. The van der Waals surface area contributed by atoms with E-state index in [0.29, 0.717) is 32.1 Å². The average Bonchev–Trinajstić information content (AvgIpc) is 2.91. The Labute approximate surface area is 129 Å². The van der Waals surface area contributed by atoms with E-state index >= 15 is 0 Å². The van der Waals surface area contributed by atoms with Crippen molar-refractivity contribution in [3.63, 3.8) is 0 Å². The third-order valence-electron chi connectivity index (χ3n) is 4.38. The van der Waals surface area contributed by atoms with E-state index in [1.54, 1.807) is 0 Å². The van der Waals surface area contributed by atoms with Gasteiger partial charge in [0.2, 0.25) is 11.9 Å². The van der Waals surface area contributed by atoms with Gasteiger partial charge >= 0.3 is 0 Å². The van der Waals surface area contributed by atoms with Gasteiger partial charge in [-0.25, -0.2) is 14.4 Å². The van der Waals surface area contributed by atoms with Crippen molar-refractivity contribution < 1.29 is 13.9 Å². The van der Waals surface area contributed by atoms with E-state index in [2.05, 4.69) is 15.3 Å². The third kappa shape index (κ3) is 2.65. The molecule has 3 rings (SSSR count). The molecule has 2 atom stereocenters. The van der Waals surface area contributed by atoms with E-state index < -0.39 is 11.2 Å². The van der Waals surface area contributed by atoms with Crippen molar-refractivity contribution in [3.8, 4) is 0 Å². The molecule has 0 aromatic carbocycles. The van der Waals surface area contributed by atoms with Crippen molar-refractivity contribution in [1.29, 1.82) is 0 Å². The number of piperidine rings is 1. The number of carbonyl (C=O) groups is 1. The van der Waals surface area contributed by atoms with Crippen LogP contribution in [0.1, 0.15) is 26.7 Å². The molecule has 120 valence electrons. The fourth-order valence-corrected chi connectivity index (χ4v) is 3.31. The molecule has 6 nitrogen and oxygen atoms in total. The Morgan fingerprint density at radius 3 is 2.91 bits per heavy atom. The molecule has 2 aliphatic rings. The van der Waals surface area contributed by atoms with Crippen LogP contribution in [0.4, 0.5) is 10.3 Å². The highest BCUT2D eigenvalue weighted by Crippen LogP contribution is 2.41. The summed E-state index contributed by atoms with van der Waals surface area (Å²) in [5.41, 5.74) is -0.569. The Balaban J connectivity index is 1.83. The van der Waals surface area contributed by atoms with E-state index in [-0.39, 0.29) is 18.1 Å². The van der Waals surface area contributed by atoms with Gasteiger partial charge in [-0.05, 0) is 26.7 Å². The molecule has 2 aliphatic heterocycles. The van der Waals surface area contributed by atoms with Crippen LogP contribution in [-0.4, -0.2) is 47.7 Å². The van der Waals surface area contributed by atoms with Gasteiger partial charge in [0.1, 0.15) is 0 Å². The summed E-state index contributed by atoms with van der Waals surface area (Å²) in [4.78, 5) is 22.7. The Bertz CT molecular complexity index is 551. The summed E-state index contributed by atoms with van der Waals surface area (Å²) in [6.07, 6.45) is 3.67. The second-order valence-electron chi connectivity index (χ2n) is 6.31. The number of nitrogens with zero attached hydrogens (tertiary/aromatic N) is 3. The smallest absolute Gasteiger partial charge is 0.230 e. The molecule has 1 aromatic heterocycles. The summed E-state index contributed by atoms with van der Waals surface area (Å²) in [5, 5.41) is 3.01. The van der Waals surface area contributed by atoms with Crippen molar-refractivity contribution in [2.75, 3.05) is 24.6 Å². The average molecular weight is 308 g/mol. The maximum absolute atomic E-state index is 13.0. The molecule has 0 spiro atoms. The predicted octanol–water partition coefficient (Wildman–Crippen LogP) is 1.13. The summed E-state index contributed by atoms with van der Waals surface area (Å²) >= 11 is 0. The second-order valence-corrected chi connectivity index (χ2v) is 6.31. The van der Waals surface area contributed by atoms with Crippen LogP contribution in [0.2, 0.25) is 0 Å². The van der Waals surface area contributed by atoms with Crippen LogP contribution < -0.4 is 10.2 Å². The molecule has 7 heteroatoms. The van der Waals surface area contributed by atoms with Gasteiger partial charge in [-0.3, -0.25) is 4.79 Å². The summed E-state index contributed by atoms with van der Waals surface area (Å²) in [6.45, 7) is 5.69. The van der Waals surface area contributed by atoms with E-state index in [0.717, 1.165) is 18.8 Å². The molecule has 0 radical (unpaired) electrons. The summed E-state index contributed by atoms with van der Waals surface area (Å²) < 4.78 is 18.8. The van der Waals surface area contributed by atoms with Crippen molar-refractivity contribution in [2.24, 2.45) is 5.41 Å². The van der Waals surface area contributed by atoms with Crippen LogP contribution in [0.3, 0.4) is 0 Å².